The molecule has 10 nitrogen and oxygen atoms in total. The Morgan fingerprint density at radius 1 is 0.429 bits per heavy atom. The van der Waals surface area contributed by atoms with E-state index >= 15 is 9.59 Å². The van der Waals surface area contributed by atoms with Crippen LogP contribution in [-0.2, 0) is 61.1 Å². The predicted octanol–water partition coefficient (Wildman–Crippen LogP) is 18.0. The predicted molar refractivity (Wildman–Crippen MR) is 339 cm³/mol. The van der Waals surface area contributed by atoms with Crippen molar-refractivity contribution in [1.82, 2.24) is 0 Å². The third-order valence-electron chi connectivity index (χ3n) is 16.7. The van der Waals surface area contributed by atoms with Crippen LogP contribution in [0.4, 0.5) is 0 Å². The topological polar surface area (TPSA) is 124 Å². The van der Waals surface area contributed by atoms with Gasteiger partial charge in [0.1, 0.15) is 33.8 Å². The summed E-state index contributed by atoms with van der Waals surface area (Å²) in [5.74, 6) is 0.567. The molecule has 0 spiro atoms. The van der Waals surface area contributed by atoms with Crippen molar-refractivity contribution in [3.05, 3.63) is 143 Å². The number of esters is 4. The van der Waals surface area contributed by atoms with Crippen molar-refractivity contribution in [3.63, 3.8) is 0 Å². The van der Waals surface area contributed by atoms with Gasteiger partial charge in [-0.05, 0) is 145 Å². The molecule has 6 rings (SSSR count). The van der Waals surface area contributed by atoms with Crippen LogP contribution in [0.3, 0.4) is 0 Å². The van der Waals surface area contributed by atoms with Gasteiger partial charge in [-0.3, -0.25) is 19.2 Å². The first-order chi connectivity index (χ1) is 39.8. The fraction of sp³-hybridized carbons (Fsp3) is 0.568. The van der Waals surface area contributed by atoms with Gasteiger partial charge in [0.25, 0.3) is 0 Å². The molecule has 2 aliphatic rings. The van der Waals surface area contributed by atoms with Crippen molar-refractivity contribution in [2.24, 2.45) is 0 Å². The zero-order valence-corrected chi connectivity index (χ0v) is 53.6. The highest BCUT2D eigenvalue weighted by Gasteiger charge is 2.73. The van der Waals surface area contributed by atoms with Gasteiger partial charge >= 0.3 is 23.9 Å². The lowest BCUT2D eigenvalue weighted by Gasteiger charge is -2.43. The molecule has 10 heteroatoms. The number of ether oxygens (including phenoxy) is 6. The first-order valence-electron chi connectivity index (χ1n) is 31.6. The number of unbranched alkanes of at least 4 members (excludes halogenated alkanes) is 14. The molecule has 4 aromatic carbocycles. The number of allylic oxidation sites excluding steroid dienone is 2. The monoisotopic (exact) mass is 1150 g/mol. The van der Waals surface area contributed by atoms with Crippen LogP contribution in [0.15, 0.2) is 98.1 Å². The molecule has 0 aliphatic carbocycles. The second-order valence-electron chi connectivity index (χ2n) is 27.6. The average Bonchev–Trinajstić information content (AvgIpc) is 1.45. The van der Waals surface area contributed by atoms with Crippen molar-refractivity contribution >= 4 is 23.9 Å². The van der Waals surface area contributed by atoms with E-state index in [2.05, 4.69) is 121 Å². The van der Waals surface area contributed by atoms with Gasteiger partial charge in [-0.2, -0.15) is 0 Å². The molecule has 84 heavy (non-hydrogen) atoms. The van der Waals surface area contributed by atoms with E-state index < -0.39 is 33.6 Å². The van der Waals surface area contributed by atoms with E-state index in [1.807, 2.05) is 60.7 Å². The highest BCUT2D eigenvalue weighted by Crippen LogP contribution is 2.65. The van der Waals surface area contributed by atoms with E-state index in [-0.39, 0.29) is 22.8 Å². The summed E-state index contributed by atoms with van der Waals surface area (Å²) >= 11 is 0. The fourth-order valence-electron chi connectivity index (χ4n) is 11.7. The fourth-order valence-corrected chi connectivity index (χ4v) is 11.7. The molecule has 0 saturated heterocycles. The lowest BCUT2D eigenvalue weighted by molar-refractivity contribution is -0.147. The van der Waals surface area contributed by atoms with Crippen LogP contribution in [-0.4, -0.2) is 50.3 Å². The minimum absolute atomic E-state index is 0.159. The van der Waals surface area contributed by atoms with E-state index in [9.17, 15) is 9.59 Å². The van der Waals surface area contributed by atoms with Gasteiger partial charge in [-0.15, -0.1) is 13.2 Å². The number of hydrogen-bond acceptors (Lipinski definition) is 10. The van der Waals surface area contributed by atoms with Crippen LogP contribution in [0.25, 0.3) is 0 Å². The van der Waals surface area contributed by atoms with Crippen molar-refractivity contribution < 1.29 is 47.6 Å². The van der Waals surface area contributed by atoms with Gasteiger partial charge in [0.2, 0.25) is 0 Å². The molecule has 0 aromatic heterocycles. The van der Waals surface area contributed by atoms with Crippen LogP contribution in [0.1, 0.15) is 256 Å². The van der Waals surface area contributed by atoms with Gasteiger partial charge in [-0.25, -0.2) is 0 Å². The summed E-state index contributed by atoms with van der Waals surface area (Å²) in [6, 6.07) is 23.6. The SMILES string of the molecule is C=CCCCCCCCCC(=O)OCCCCOc1ccc(C2(C3(c4ccc(OCCCCOC(=O)CCCCCCCCC=C)cc4)C(=O)Oc4c(C(C)(C)C)cc(C(C)(C)C)cc43)C(=O)Oc3c(C(C)(C)C)cc(C(C)(C)C)cc32)cc1. The average molecular weight is 1150 g/mol. The van der Waals surface area contributed by atoms with Gasteiger partial charge in [0, 0.05) is 35.1 Å². The maximum atomic E-state index is 16.3. The molecule has 2 unspecified atom stereocenters. The van der Waals surface area contributed by atoms with E-state index in [0.29, 0.717) is 110 Å². The molecule has 0 amide bonds. The Labute approximate surface area is 505 Å². The summed E-state index contributed by atoms with van der Waals surface area (Å²) in [5.41, 5.74) is 0.556. The number of benzene rings is 4. The smallest absolute Gasteiger partial charge is 0.328 e. The number of rotatable bonds is 33. The van der Waals surface area contributed by atoms with Crippen LogP contribution in [0.2, 0.25) is 0 Å². The highest BCUT2D eigenvalue weighted by molar-refractivity contribution is 6.09. The molecule has 0 bridgehead atoms. The van der Waals surface area contributed by atoms with Crippen LogP contribution in [0, 0.1) is 0 Å². The third kappa shape index (κ3) is 16.4. The zero-order valence-electron chi connectivity index (χ0n) is 53.6. The van der Waals surface area contributed by atoms with Crippen LogP contribution < -0.4 is 18.9 Å². The minimum Gasteiger partial charge on any atom is -0.494 e. The summed E-state index contributed by atoms with van der Waals surface area (Å²) in [7, 11) is 0. The number of hydrogen-bond donors (Lipinski definition) is 0. The Bertz CT molecular complexity index is 2650. The van der Waals surface area contributed by atoms with Gasteiger partial charge < -0.3 is 28.4 Å². The highest BCUT2D eigenvalue weighted by atomic mass is 16.6. The van der Waals surface area contributed by atoms with Crippen molar-refractivity contribution in [3.8, 4) is 23.0 Å². The summed E-state index contributed by atoms with van der Waals surface area (Å²) in [6.07, 6.45) is 22.6. The lowest BCUT2D eigenvalue weighted by atomic mass is 9.51. The Hall–Kier alpha value is -6.16. The van der Waals surface area contributed by atoms with Gasteiger partial charge in [0.05, 0.1) is 26.4 Å². The maximum Gasteiger partial charge on any atom is 0.328 e. The Kier molecular flexibility index (Phi) is 23.7. The molecular formula is C74H102O10. The zero-order chi connectivity index (χ0) is 61.4. The van der Waals surface area contributed by atoms with Gasteiger partial charge in [-0.1, -0.05) is 183 Å². The van der Waals surface area contributed by atoms with Gasteiger partial charge in [0.15, 0.2) is 0 Å². The largest absolute Gasteiger partial charge is 0.494 e. The summed E-state index contributed by atoms with van der Waals surface area (Å²) < 4.78 is 37.5. The standard InChI is InChI=1S/C74H102O10/c1-15-17-19-21-23-25-27-29-35-63(75)81-47-33-31-45-79-57-41-37-53(38-42-57)73(61-51-55(69(3,4)5)49-59(71(9,10)11)65(61)83-67(73)77)74(62-52-56(70(6,7)8)50-60(72(12,13)14)66(62)84-68(74)78)54-39-43-58(44-40-54)80-46-32-34-48-82-64(76)36-30-28-26-24-22-20-18-16-2/h15-16,37-44,49-52H,1-2,17-36,45-48H2,3-14H3. The van der Waals surface area contributed by atoms with E-state index in [4.69, 9.17) is 28.4 Å². The molecule has 0 saturated carbocycles. The molecule has 0 fully saturated rings. The van der Waals surface area contributed by atoms with Crippen LogP contribution >= 0.6 is 0 Å². The minimum atomic E-state index is -1.85. The Morgan fingerprint density at radius 2 is 0.750 bits per heavy atom. The summed E-state index contributed by atoms with van der Waals surface area (Å²) in [6.45, 7) is 34.7. The number of carbonyl (C=O) groups excluding carboxylic acids is 4. The number of carbonyl (C=O) groups is 4. The summed E-state index contributed by atoms with van der Waals surface area (Å²) in [4.78, 5) is 57.6. The number of fused-ring (bicyclic) bond motifs is 2. The molecule has 2 heterocycles. The molecule has 4 aromatic rings. The Morgan fingerprint density at radius 3 is 1.07 bits per heavy atom. The van der Waals surface area contributed by atoms with E-state index in [1.54, 1.807) is 0 Å². The first kappa shape index (κ1) is 67.0. The second-order valence-corrected chi connectivity index (χ2v) is 27.6. The molecule has 2 atom stereocenters. The lowest BCUT2D eigenvalue weighted by Crippen LogP contribution is -2.58. The molecule has 2 aliphatic heterocycles. The first-order valence-corrected chi connectivity index (χ1v) is 31.6. The molecule has 0 N–H and O–H groups in total. The second kappa shape index (κ2) is 29.8. The molecular weight excluding hydrogens is 1050 g/mol. The summed E-state index contributed by atoms with van der Waals surface area (Å²) in [5, 5.41) is 0. The van der Waals surface area contributed by atoms with Crippen molar-refractivity contribution in [2.45, 2.75) is 244 Å². The van der Waals surface area contributed by atoms with Crippen molar-refractivity contribution in [2.75, 3.05) is 26.4 Å². The normalized spacial score (nSPS) is 16.8. The van der Waals surface area contributed by atoms with E-state index in [0.717, 1.165) is 73.6 Å². The molecule has 458 valence electrons. The maximum absolute atomic E-state index is 16.3. The van der Waals surface area contributed by atoms with E-state index in [1.165, 1.54) is 38.5 Å². The third-order valence-corrected chi connectivity index (χ3v) is 16.7. The van der Waals surface area contributed by atoms with Crippen LogP contribution in [0.5, 0.6) is 23.0 Å². The molecule has 0 radical (unpaired) electrons. The Balaban J connectivity index is 1.35. The quantitative estimate of drug-likeness (QED) is 0.0197. The van der Waals surface area contributed by atoms with Crippen molar-refractivity contribution in [1.29, 1.82) is 0 Å².